The molecule has 1 heterocycles. The van der Waals surface area contributed by atoms with E-state index in [9.17, 15) is 13.2 Å². The van der Waals surface area contributed by atoms with Gasteiger partial charge in [-0.25, -0.2) is 8.42 Å². The predicted octanol–water partition coefficient (Wildman–Crippen LogP) is 4.36. The number of carbonyl (C=O) groups excluding carboxylic acids is 1. The van der Waals surface area contributed by atoms with E-state index in [1.54, 1.807) is 30.8 Å². The fraction of sp³-hybridized carbons (Fsp3) is 0.263. The summed E-state index contributed by atoms with van der Waals surface area (Å²) in [5.41, 5.74) is 1.29. The van der Waals surface area contributed by atoms with Gasteiger partial charge in [-0.3, -0.25) is 4.79 Å². The van der Waals surface area contributed by atoms with Crippen molar-refractivity contribution in [1.29, 1.82) is 0 Å². The molecule has 148 valence electrons. The Morgan fingerprint density at radius 3 is 2.75 bits per heavy atom. The summed E-state index contributed by atoms with van der Waals surface area (Å²) in [5.74, 6) is 0.437. The third kappa shape index (κ3) is 4.59. The van der Waals surface area contributed by atoms with Crippen molar-refractivity contribution in [3.05, 3.63) is 57.3 Å². The third-order valence-corrected chi connectivity index (χ3v) is 8.04. The number of aryl methyl sites for hydroxylation is 1. The highest BCUT2D eigenvalue weighted by atomic mass is 79.9. The molecule has 0 saturated heterocycles. The quantitative estimate of drug-likeness (QED) is 0.506. The van der Waals surface area contributed by atoms with Gasteiger partial charge in [0.15, 0.2) is 14.6 Å². The van der Waals surface area contributed by atoms with Gasteiger partial charge in [0.25, 0.3) is 5.91 Å². The molecule has 2 aromatic carbocycles. The monoisotopic (exact) mass is 498 g/mol. The van der Waals surface area contributed by atoms with Crippen molar-refractivity contribution in [2.45, 2.75) is 18.4 Å². The van der Waals surface area contributed by atoms with Crippen LogP contribution in [0.25, 0.3) is 10.2 Å². The van der Waals surface area contributed by atoms with Crippen LogP contribution in [-0.4, -0.2) is 36.7 Å². The first-order valence-electron chi connectivity index (χ1n) is 8.55. The zero-order valence-corrected chi connectivity index (χ0v) is 19.4. The van der Waals surface area contributed by atoms with Gasteiger partial charge in [-0.2, -0.15) is 16.8 Å². The number of thiazole rings is 1. The minimum absolute atomic E-state index is 0.0122. The van der Waals surface area contributed by atoms with E-state index in [0.29, 0.717) is 4.80 Å². The summed E-state index contributed by atoms with van der Waals surface area (Å²) in [6, 6.07) is 12.1. The third-order valence-electron chi connectivity index (χ3n) is 4.18. The van der Waals surface area contributed by atoms with Crippen molar-refractivity contribution in [3.63, 3.8) is 0 Å². The molecule has 3 rings (SSSR count). The second-order valence-corrected chi connectivity index (χ2v) is 11.2. The highest BCUT2D eigenvalue weighted by molar-refractivity contribution is 9.10. The zero-order chi connectivity index (χ0) is 20.3. The SMILES string of the molecule is CCS(=O)(=O)c1cccc(C(=O)N=c2sc3cc(Br)ccc3n2CCSC)c1. The van der Waals surface area contributed by atoms with E-state index in [2.05, 4.69) is 20.9 Å². The van der Waals surface area contributed by atoms with Gasteiger partial charge in [0, 0.05) is 22.3 Å². The molecule has 0 aliphatic heterocycles. The maximum absolute atomic E-state index is 12.8. The van der Waals surface area contributed by atoms with Crippen molar-refractivity contribution in [1.82, 2.24) is 4.57 Å². The number of fused-ring (bicyclic) bond motifs is 1. The van der Waals surface area contributed by atoms with Crippen LogP contribution < -0.4 is 4.80 Å². The average Bonchev–Trinajstić information content (AvgIpc) is 3.02. The summed E-state index contributed by atoms with van der Waals surface area (Å²) in [4.78, 5) is 17.8. The second kappa shape index (κ2) is 8.94. The fourth-order valence-corrected chi connectivity index (χ4v) is 5.57. The summed E-state index contributed by atoms with van der Waals surface area (Å²) >= 11 is 6.65. The van der Waals surface area contributed by atoms with Gasteiger partial charge in [0.2, 0.25) is 0 Å². The molecule has 0 bridgehead atoms. The normalized spacial score (nSPS) is 12.6. The smallest absolute Gasteiger partial charge is 0.279 e. The van der Waals surface area contributed by atoms with E-state index in [1.165, 1.54) is 23.5 Å². The molecule has 9 heteroatoms. The first-order chi connectivity index (χ1) is 13.4. The molecule has 3 aromatic rings. The predicted molar refractivity (Wildman–Crippen MR) is 120 cm³/mol. The highest BCUT2D eigenvalue weighted by Crippen LogP contribution is 2.23. The topological polar surface area (TPSA) is 68.5 Å². The average molecular weight is 499 g/mol. The lowest BCUT2D eigenvalue weighted by atomic mass is 10.2. The van der Waals surface area contributed by atoms with Gasteiger partial charge in [0.1, 0.15) is 0 Å². The van der Waals surface area contributed by atoms with Gasteiger partial charge in [-0.1, -0.05) is 40.3 Å². The van der Waals surface area contributed by atoms with Gasteiger partial charge in [0.05, 0.1) is 20.9 Å². The van der Waals surface area contributed by atoms with Crippen LogP contribution in [0.15, 0.2) is 56.8 Å². The first-order valence-corrected chi connectivity index (χ1v) is 13.2. The Balaban J connectivity index is 2.09. The Morgan fingerprint density at radius 1 is 1.25 bits per heavy atom. The molecule has 0 spiro atoms. The molecule has 0 radical (unpaired) electrons. The number of carbonyl (C=O) groups is 1. The molecule has 0 N–H and O–H groups in total. The lowest BCUT2D eigenvalue weighted by Crippen LogP contribution is -2.18. The number of hydrogen-bond acceptors (Lipinski definition) is 5. The standard InChI is InChI=1S/C19H19BrN2O3S3/c1-3-28(24,25)15-6-4-5-13(11-15)18(23)21-19-22(9-10-26-2)16-8-7-14(20)12-17(16)27-19/h4-8,11-12H,3,9-10H2,1-2H3. The minimum Gasteiger partial charge on any atom is -0.316 e. The first kappa shape index (κ1) is 21.3. The fourth-order valence-electron chi connectivity index (χ4n) is 2.67. The van der Waals surface area contributed by atoms with E-state index in [0.717, 1.165) is 27.0 Å². The van der Waals surface area contributed by atoms with E-state index in [4.69, 9.17) is 0 Å². The number of aromatic nitrogens is 1. The second-order valence-electron chi connectivity index (χ2n) is 5.99. The summed E-state index contributed by atoms with van der Waals surface area (Å²) in [7, 11) is -3.38. The van der Waals surface area contributed by atoms with Crippen LogP contribution in [0.3, 0.4) is 0 Å². The summed E-state index contributed by atoms with van der Waals surface area (Å²) in [6.07, 6.45) is 2.04. The van der Waals surface area contributed by atoms with Crippen LogP contribution >= 0.6 is 39.0 Å². The van der Waals surface area contributed by atoms with Gasteiger partial charge in [-0.15, -0.1) is 0 Å². The molecular formula is C19H19BrN2O3S3. The lowest BCUT2D eigenvalue weighted by Gasteiger charge is -2.04. The van der Waals surface area contributed by atoms with E-state index in [1.807, 2.05) is 29.0 Å². The maximum Gasteiger partial charge on any atom is 0.279 e. The van der Waals surface area contributed by atoms with E-state index < -0.39 is 15.7 Å². The van der Waals surface area contributed by atoms with Crippen LogP contribution in [0.2, 0.25) is 0 Å². The zero-order valence-electron chi connectivity index (χ0n) is 15.4. The van der Waals surface area contributed by atoms with Gasteiger partial charge in [-0.05, 0) is 42.7 Å². The Hall–Kier alpha value is -1.42. The Bertz CT molecular complexity index is 1200. The Morgan fingerprint density at radius 2 is 2.04 bits per heavy atom. The number of nitrogens with zero attached hydrogens (tertiary/aromatic N) is 2. The van der Waals surface area contributed by atoms with Crippen molar-refractivity contribution >= 4 is 65.0 Å². The molecule has 0 atom stereocenters. The molecule has 0 unspecified atom stereocenters. The molecule has 0 saturated carbocycles. The Labute approximate surface area is 180 Å². The largest absolute Gasteiger partial charge is 0.316 e. The van der Waals surface area contributed by atoms with Crippen LogP contribution in [0.5, 0.6) is 0 Å². The van der Waals surface area contributed by atoms with Crippen LogP contribution in [-0.2, 0) is 16.4 Å². The molecule has 1 aromatic heterocycles. The van der Waals surface area contributed by atoms with E-state index in [-0.39, 0.29) is 16.2 Å². The number of amides is 1. The maximum atomic E-state index is 12.8. The highest BCUT2D eigenvalue weighted by Gasteiger charge is 2.15. The molecule has 0 aliphatic carbocycles. The van der Waals surface area contributed by atoms with Crippen LogP contribution in [0, 0.1) is 0 Å². The molecule has 5 nitrogen and oxygen atoms in total. The molecule has 28 heavy (non-hydrogen) atoms. The number of thioether (sulfide) groups is 1. The summed E-state index contributed by atoms with van der Waals surface area (Å²) in [6.45, 7) is 2.32. The van der Waals surface area contributed by atoms with Crippen molar-refractivity contribution < 1.29 is 13.2 Å². The van der Waals surface area contributed by atoms with Crippen LogP contribution in [0.1, 0.15) is 17.3 Å². The Kier molecular flexibility index (Phi) is 6.80. The number of rotatable bonds is 6. The van der Waals surface area contributed by atoms with E-state index >= 15 is 0 Å². The molecule has 0 aliphatic rings. The summed E-state index contributed by atoms with van der Waals surface area (Å²) in [5, 5.41) is 0. The van der Waals surface area contributed by atoms with Gasteiger partial charge < -0.3 is 4.57 Å². The number of sulfone groups is 1. The summed E-state index contributed by atoms with van der Waals surface area (Å²) < 4.78 is 28.2. The van der Waals surface area contributed by atoms with Crippen molar-refractivity contribution in [2.75, 3.05) is 17.8 Å². The molecule has 0 fully saturated rings. The van der Waals surface area contributed by atoms with Crippen LogP contribution in [0.4, 0.5) is 0 Å². The van der Waals surface area contributed by atoms with Crippen molar-refractivity contribution in [3.8, 4) is 0 Å². The minimum atomic E-state index is -3.38. The number of halogens is 1. The molecule has 1 amide bonds. The number of benzene rings is 2. The number of hydrogen-bond donors (Lipinski definition) is 0. The van der Waals surface area contributed by atoms with Crippen molar-refractivity contribution in [2.24, 2.45) is 4.99 Å². The lowest BCUT2D eigenvalue weighted by molar-refractivity contribution is 0.0997. The van der Waals surface area contributed by atoms with Gasteiger partial charge >= 0.3 is 0 Å². The molecular weight excluding hydrogens is 480 g/mol.